The Labute approximate surface area is 120 Å². The molecule has 0 spiro atoms. The molecule has 1 unspecified atom stereocenters. The molecule has 0 bridgehead atoms. The lowest BCUT2D eigenvalue weighted by Crippen LogP contribution is -2.46. The summed E-state index contributed by atoms with van der Waals surface area (Å²) in [4.78, 5) is 12.2. The lowest BCUT2D eigenvalue weighted by atomic mass is 9.94. The van der Waals surface area contributed by atoms with Gasteiger partial charge in [-0.2, -0.15) is 0 Å². The first kappa shape index (κ1) is 16.1. The minimum atomic E-state index is -0.398. The molecule has 20 heavy (non-hydrogen) atoms. The van der Waals surface area contributed by atoms with Crippen molar-refractivity contribution in [3.05, 3.63) is 29.8 Å². The predicted molar refractivity (Wildman–Crippen MR) is 78.6 cm³/mol. The first-order valence-electron chi connectivity index (χ1n) is 6.64. The number of carbonyl (C=O) groups excluding carboxylic acids is 1. The number of benzene rings is 1. The fourth-order valence-corrected chi connectivity index (χ4v) is 1.75. The summed E-state index contributed by atoms with van der Waals surface area (Å²) in [7, 11) is 0. The highest BCUT2D eigenvalue weighted by atomic mass is 16.5. The second-order valence-corrected chi connectivity index (χ2v) is 4.86. The molecule has 2 N–H and O–H groups in total. The molecule has 0 saturated carbocycles. The summed E-state index contributed by atoms with van der Waals surface area (Å²) in [5, 5.41) is 12.0. The van der Waals surface area contributed by atoms with Gasteiger partial charge in [0, 0.05) is 17.7 Å². The van der Waals surface area contributed by atoms with E-state index in [1.807, 2.05) is 13.8 Å². The van der Waals surface area contributed by atoms with Crippen molar-refractivity contribution in [3.8, 4) is 18.1 Å². The van der Waals surface area contributed by atoms with Crippen molar-refractivity contribution >= 4 is 5.91 Å². The van der Waals surface area contributed by atoms with E-state index in [1.54, 1.807) is 24.3 Å². The molecule has 1 amide bonds. The van der Waals surface area contributed by atoms with E-state index in [9.17, 15) is 4.79 Å². The number of aliphatic hydroxyl groups excluding tert-OH is 1. The van der Waals surface area contributed by atoms with Gasteiger partial charge in [0.2, 0.25) is 0 Å². The van der Waals surface area contributed by atoms with Gasteiger partial charge in [0.25, 0.3) is 5.91 Å². The molecule has 108 valence electrons. The summed E-state index contributed by atoms with van der Waals surface area (Å²) in [5.41, 5.74) is 0.153. The van der Waals surface area contributed by atoms with Crippen molar-refractivity contribution in [2.75, 3.05) is 13.2 Å². The van der Waals surface area contributed by atoms with E-state index < -0.39 is 5.54 Å². The molecular formula is C16H21NO3. The van der Waals surface area contributed by atoms with E-state index in [0.29, 0.717) is 17.7 Å². The lowest BCUT2D eigenvalue weighted by molar-refractivity contribution is 0.0886. The molecular weight excluding hydrogens is 254 g/mol. The Morgan fingerprint density at radius 2 is 2.10 bits per heavy atom. The summed E-state index contributed by atoms with van der Waals surface area (Å²) in [5.74, 6) is 2.85. The zero-order chi connectivity index (χ0) is 15.0. The average Bonchev–Trinajstić information content (AvgIpc) is 2.45. The van der Waals surface area contributed by atoms with Crippen LogP contribution in [0.2, 0.25) is 0 Å². The largest absolute Gasteiger partial charge is 0.481 e. The van der Waals surface area contributed by atoms with E-state index in [4.69, 9.17) is 16.3 Å². The highest BCUT2D eigenvalue weighted by molar-refractivity contribution is 5.94. The highest BCUT2D eigenvalue weighted by Gasteiger charge is 2.24. The maximum absolute atomic E-state index is 12.2. The second-order valence-electron chi connectivity index (χ2n) is 4.86. The molecule has 0 aromatic heterocycles. The molecule has 0 fully saturated rings. The molecule has 4 nitrogen and oxygen atoms in total. The van der Waals surface area contributed by atoms with Crippen LogP contribution >= 0.6 is 0 Å². The molecule has 1 aromatic carbocycles. The van der Waals surface area contributed by atoms with Crippen LogP contribution in [0, 0.1) is 12.3 Å². The first-order valence-corrected chi connectivity index (χ1v) is 6.64. The minimum absolute atomic E-state index is 0.0451. The first-order chi connectivity index (χ1) is 9.54. The van der Waals surface area contributed by atoms with E-state index >= 15 is 0 Å². The van der Waals surface area contributed by atoms with E-state index in [0.717, 1.165) is 6.42 Å². The van der Waals surface area contributed by atoms with Gasteiger partial charge in [-0.05, 0) is 44.0 Å². The zero-order valence-corrected chi connectivity index (χ0v) is 12.0. The summed E-state index contributed by atoms with van der Waals surface area (Å²) in [6.07, 6.45) is 6.39. The van der Waals surface area contributed by atoms with E-state index in [-0.39, 0.29) is 19.1 Å². The number of rotatable bonds is 7. The van der Waals surface area contributed by atoms with Crippen molar-refractivity contribution in [1.82, 2.24) is 5.32 Å². The number of hydrogen-bond acceptors (Lipinski definition) is 3. The number of aliphatic hydroxyl groups is 1. The summed E-state index contributed by atoms with van der Waals surface area (Å²) < 4.78 is 5.25. The Bertz CT molecular complexity index is 475. The van der Waals surface area contributed by atoms with E-state index in [1.165, 1.54) is 0 Å². The molecule has 1 rings (SSSR count). The fourth-order valence-electron chi connectivity index (χ4n) is 1.75. The molecule has 0 saturated heterocycles. The third-order valence-electron chi connectivity index (χ3n) is 3.30. The standard InChI is InChI=1S/C16H21NO3/c1-4-12-20-14-8-6-13(7-9-14)15(19)17-16(3,5-2)10-11-18/h1,6-9,18H,5,10-12H2,2-3H3,(H,17,19). The maximum atomic E-state index is 12.2. The summed E-state index contributed by atoms with van der Waals surface area (Å²) in [6.45, 7) is 4.15. The Morgan fingerprint density at radius 3 is 2.60 bits per heavy atom. The average molecular weight is 275 g/mol. The smallest absolute Gasteiger partial charge is 0.251 e. The van der Waals surface area contributed by atoms with Gasteiger partial charge in [0.05, 0.1) is 0 Å². The third-order valence-corrected chi connectivity index (χ3v) is 3.30. The van der Waals surface area contributed by atoms with Gasteiger partial charge in [-0.15, -0.1) is 6.42 Å². The highest BCUT2D eigenvalue weighted by Crippen LogP contribution is 2.16. The van der Waals surface area contributed by atoms with Crippen molar-refractivity contribution in [1.29, 1.82) is 0 Å². The van der Waals surface area contributed by atoms with Crippen LogP contribution in [0.4, 0.5) is 0 Å². The van der Waals surface area contributed by atoms with Crippen LogP contribution in [-0.2, 0) is 0 Å². The van der Waals surface area contributed by atoms with Crippen LogP contribution < -0.4 is 10.1 Å². The van der Waals surface area contributed by atoms with Gasteiger partial charge >= 0.3 is 0 Å². The summed E-state index contributed by atoms with van der Waals surface area (Å²) in [6, 6.07) is 6.80. The molecule has 0 heterocycles. The number of terminal acetylenes is 1. The number of nitrogens with one attached hydrogen (secondary N) is 1. The topological polar surface area (TPSA) is 58.6 Å². The van der Waals surface area contributed by atoms with Crippen LogP contribution in [-0.4, -0.2) is 29.8 Å². The monoisotopic (exact) mass is 275 g/mol. The van der Waals surface area contributed by atoms with Crippen LogP contribution in [0.25, 0.3) is 0 Å². The van der Waals surface area contributed by atoms with Crippen molar-refractivity contribution < 1.29 is 14.6 Å². The van der Waals surface area contributed by atoms with Gasteiger partial charge in [-0.3, -0.25) is 4.79 Å². The fraction of sp³-hybridized carbons (Fsp3) is 0.438. The molecule has 0 aliphatic heterocycles. The third kappa shape index (κ3) is 4.60. The number of hydrogen-bond donors (Lipinski definition) is 2. The quantitative estimate of drug-likeness (QED) is 0.748. The molecule has 1 atom stereocenters. The molecule has 0 aliphatic rings. The Hall–Kier alpha value is -1.99. The van der Waals surface area contributed by atoms with Gasteiger partial charge in [-0.1, -0.05) is 12.8 Å². The summed E-state index contributed by atoms with van der Waals surface area (Å²) >= 11 is 0. The van der Waals surface area contributed by atoms with Gasteiger partial charge in [0.15, 0.2) is 0 Å². The van der Waals surface area contributed by atoms with Crippen molar-refractivity contribution in [3.63, 3.8) is 0 Å². The van der Waals surface area contributed by atoms with Gasteiger partial charge < -0.3 is 15.2 Å². The predicted octanol–water partition coefficient (Wildman–Crippen LogP) is 1.98. The van der Waals surface area contributed by atoms with Gasteiger partial charge in [-0.25, -0.2) is 0 Å². The van der Waals surface area contributed by atoms with Crippen molar-refractivity contribution in [2.45, 2.75) is 32.2 Å². The van der Waals surface area contributed by atoms with Crippen LogP contribution in [0.15, 0.2) is 24.3 Å². The number of carbonyl (C=O) groups is 1. The van der Waals surface area contributed by atoms with Crippen LogP contribution in [0.1, 0.15) is 37.0 Å². The molecule has 0 aliphatic carbocycles. The normalized spacial score (nSPS) is 13.1. The van der Waals surface area contributed by atoms with Crippen LogP contribution in [0.5, 0.6) is 5.75 Å². The number of ether oxygens (including phenoxy) is 1. The number of amides is 1. The minimum Gasteiger partial charge on any atom is -0.481 e. The lowest BCUT2D eigenvalue weighted by Gasteiger charge is -2.29. The zero-order valence-electron chi connectivity index (χ0n) is 12.0. The van der Waals surface area contributed by atoms with E-state index in [2.05, 4.69) is 11.2 Å². The molecule has 4 heteroatoms. The second kappa shape index (κ2) is 7.56. The Morgan fingerprint density at radius 1 is 1.45 bits per heavy atom. The maximum Gasteiger partial charge on any atom is 0.251 e. The van der Waals surface area contributed by atoms with Gasteiger partial charge in [0.1, 0.15) is 12.4 Å². The van der Waals surface area contributed by atoms with Crippen molar-refractivity contribution in [2.24, 2.45) is 0 Å². The SMILES string of the molecule is C#CCOc1ccc(C(=O)NC(C)(CC)CCO)cc1. The Kier molecular flexibility index (Phi) is 6.08. The van der Waals surface area contributed by atoms with Crippen LogP contribution in [0.3, 0.4) is 0 Å². The molecule has 0 radical (unpaired) electrons. The molecule has 1 aromatic rings. The Balaban J connectivity index is 2.70.